The molecule has 0 radical (unpaired) electrons. The molecule has 1 aliphatic rings. The average Bonchev–Trinajstić information content (AvgIpc) is 3.51. The van der Waals surface area contributed by atoms with Crippen molar-refractivity contribution in [3.63, 3.8) is 0 Å². The van der Waals surface area contributed by atoms with Gasteiger partial charge in [-0.2, -0.15) is 8.78 Å². The lowest BCUT2D eigenvalue weighted by Crippen LogP contribution is -2.42. The number of anilines is 1. The molecule has 28 heavy (non-hydrogen) atoms. The van der Waals surface area contributed by atoms with E-state index in [0.29, 0.717) is 18.2 Å². The highest BCUT2D eigenvalue weighted by molar-refractivity contribution is 5.90. The molecule has 2 aromatic rings. The molecule has 1 fully saturated rings. The number of hydrogen-bond donors (Lipinski definition) is 1. The average molecular weight is 390 g/mol. The van der Waals surface area contributed by atoms with Gasteiger partial charge in [0.15, 0.2) is 11.5 Å². The molecule has 0 bridgehead atoms. The first-order valence-electron chi connectivity index (χ1n) is 9.22. The third kappa shape index (κ3) is 5.12. The molecule has 1 aliphatic carbocycles. The number of amides is 2. The molecular formula is C21H24F2N2O3. The highest BCUT2D eigenvalue weighted by atomic mass is 19.3. The van der Waals surface area contributed by atoms with Gasteiger partial charge in [0.25, 0.3) is 0 Å². The van der Waals surface area contributed by atoms with Crippen LogP contribution in [0.15, 0.2) is 48.5 Å². The van der Waals surface area contributed by atoms with Gasteiger partial charge in [-0.05, 0) is 43.4 Å². The summed E-state index contributed by atoms with van der Waals surface area (Å²) in [6.07, 6.45) is 2.21. The van der Waals surface area contributed by atoms with E-state index in [1.54, 1.807) is 11.0 Å². The van der Waals surface area contributed by atoms with E-state index in [4.69, 9.17) is 4.74 Å². The standard InChI is InChI=1S/C21H24F2N2O3/c1-14(16-8-9-16)25(13-15-6-4-3-5-7-15)21(26)24-17-10-11-18(27-2)19(12-17)28-20(22)23/h3-7,10-12,14,16,20H,8-9,13H2,1-2H3,(H,24,26). The predicted molar refractivity (Wildman–Crippen MR) is 103 cm³/mol. The Morgan fingerprint density at radius 2 is 1.89 bits per heavy atom. The maximum Gasteiger partial charge on any atom is 0.387 e. The Morgan fingerprint density at radius 3 is 2.50 bits per heavy atom. The highest BCUT2D eigenvalue weighted by Gasteiger charge is 2.34. The van der Waals surface area contributed by atoms with Crippen molar-refractivity contribution >= 4 is 11.7 Å². The Labute approximate surface area is 163 Å². The van der Waals surface area contributed by atoms with Crippen molar-refractivity contribution < 1.29 is 23.0 Å². The van der Waals surface area contributed by atoms with Gasteiger partial charge in [0, 0.05) is 24.3 Å². The fraction of sp³-hybridized carbons (Fsp3) is 0.381. The summed E-state index contributed by atoms with van der Waals surface area (Å²) in [6, 6.07) is 14.0. The van der Waals surface area contributed by atoms with Gasteiger partial charge in [-0.3, -0.25) is 0 Å². The Hall–Kier alpha value is -2.83. The van der Waals surface area contributed by atoms with Crippen molar-refractivity contribution in [2.75, 3.05) is 12.4 Å². The summed E-state index contributed by atoms with van der Waals surface area (Å²) in [5, 5.41) is 2.80. The second-order valence-corrected chi connectivity index (χ2v) is 6.87. The molecule has 2 amide bonds. The molecule has 0 aromatic heterocycles. The van der Waals surface area contributed by atoms with Crippen molar-refractivity contribution in [1.82, 2.24) is 4.90 Å². The second kappa shape index (κ2) is 8.91. The van der Waals surface area contributed by atoms with Crippen molar-refractivity contribution in [3.05, 3.63) is 54.1 Å². The highest BCUT2D eigenvalue weighted by Crippen LogP contribution is 2.36. The van der Waals surface area contributed by atoms with Crippen molar-refractivity contribution in [2.45, 2.75) is 39.0 Å². The van der Waals surface area contributed by atoms with Crippen LogP contribution >= 0.6 is 0 Å². The molecule has 1 atom stereocenters. The lowest BCUT2D eigenvalue weighted by atomic mass is 10.1. The minimum absolute atomic E-state index is 0.0789. The predicted octanol–water partition coefficient (Wildman–Crippen LogP) is 5.13. The summed E-state index contributed by atoms with van der Waals surface area (Å²) in [5.41, 5.74) is 1.39. The molecular weight excluding hydrogens is 366 g/mol. The number of ether oxygens (including phenoxy) is 2. The van der Waals surface area contributed by atoms with Gasteiger partial charge in [0.2, 0.25) is 0 Å². The molecule has 1 N–H and O–H groups in total. The number of nitrogens with one attached hydrogen (secondary N) is 1. The molecule has 7 heteroatoms. The summed E-state index contributed by atoms with van der Waals surface area (Å²) in [5.74, 6) is 0.536. The smallest absolute Gasteiger partial charge is 0.387 e. The molecule has 2 aromatic carbocycles. The van der Waals surface area contributed by atoms with Crippen LogP contribution in [0.2, 0.25) is 0 Å². The number of nitrogens with zero attached hydrogens (tertiary/aromatic N) is 1. The third-order valence-corrected chi connectivity index (χ3v) is 4.88. The lowest BCUT2D eigenvalue weighted by molar-refractivity contribution is -0.0511. The van der Waals surface area contributed by atoms with Crippen LogP contribution in [0.4, 0.5) is 19.3 Å². The van der Waals surface area contributed by atoms with Gasteiger partial charge in [-0.25, -0.2) is 4.79 Å². The minimum Gasteiger partial charge on any atom is -0.493 e. The number of urea groups is 1. The van der Waals surface area contributed by atoms with Crippen molar-refractivity contribution in [1.29, 1.82) is 0 Å². The van der Waals surface area contributed by atoms with Crippen LogP contribution in [-0.4, -0.2) is 30.7 Å². The first-order chi connectivity index (χ1) is 13.5. The van der Waals surface area contributed by atoms with Gasteiger partial charge in [0.05, 0.1) is 7.11 Å². The zero-order valence-corrected chi connectivity index (χ0v) is 15.9. The Morgan fingerprint density at radius 1 is 1.18 bits per heavy atom. The fourth-order valence-corrected chi connectivity index (χ4v) is 3.15. The van der Waals surface area contributed by atoms with Crippen LogP contribution in [0, 0.1) is 5.92 Å². The zero-order chi connectivity index (χ0) is 20.1. The third-order valence-electron chi connectivity index (χ3n) is 4.88. The summed E-state index contributed by atoms with van der Waals surface area (Å²) >= 11 is 0. The number of carbonyl (C=O) groups excluding carboxylic acids is 1. The molecule has 0 aliphatic heterocycles. The van der Waals surface area contributed by atoms with Crippen molar-refractivity contribution in [3.8, 4) is 11.5 Å². The van der Waals surface area contributed by atoms with Crippen LogP contribution < -0.4 is 14.8 Å². The molecule has 150 valence electrons. The number of rotatable bonds is 8. The van der Waals surface area contributed by atoms with Gasteiger partial charge in [0.1, 0.15) is 0 Å². The maximum absolute atomic E-state index is 13.0. The van der Waals surface area contributed by atoms with Crippen LogP contribution in [-0.2, 0) is 6.54 Å². The topological polar surface area (TPSA) is 50.8 Å². The van der Waals surface area contributed by atoms with E-state index in [1.807, 2.05) is 37.3 Å². The number of hydrogen-bond acceptors (Lipinski definition) is 3. The quantitative estimate of drug-likeness (QED) is 0.680. The normalized spacial score (nSPS) is 14.5. The fourth-order valence-electron chi connectivity index (χ4n) is 3.15. The van der Waals surface area contributed by atoms with Gasteiger partial charge >= 0.3 is 12.6 Å². The molecule has 0 heterocycles. The monoisotopic (exact) mass is 390 g/mol. The number of alkyl halides is 2. The number of carbonyl (C=O) groups is 1. The largest absolute Gasteiger partial charge is 0.493 e. The number of methoxy groups -OCH3 is 1. The molecule has 1 saturated carbocycles. The summed E-state index contributed by atoms with van der Waals surface area (Å²) in [4.78, 5) is 14.8. The van der Waals surface area contributed by atoms with Crippen molar-refractivity contribution in [2.24, 2.45) is 5.92 Å². The first kappa shape index (κ1) is 19.9. The van der Waals surface area contributed by atoms with Crippen LogP contribution in [0.5, 0.6) is 11.5 Å². The number of halogens is 2. The lowest BCUT2D eigenvalue weighted by Gasteiger charge is -2.30. The van der Waals surface area contributed by atoms with Gasteiger partial charge in [-0.15, -0.1) is 0 Å². The summed E-state index contributed by atoms with van der Waals surface area (Å²) in [6.45, 7) is -0.468. The van der Waals surface area contributed by atoms with Gasteiger partial charge < -0.3 is 19.7 Å². The molecule has 0 saturated heterocycles. The minimum atomic E-state index is -2.98. The second-order valence-electron chi connectivity index (χ2n) is 6.87. The first-order valence-corrected chi connectivity index (χ1v) is 9.22. The maximum atomic E-state index is 13.0. The molecule has 0 spiro atoms. The van der Waals surface area contributed by atoms with Crippen LogP contribution in [0.25, 0.3) is 0 Å². The summed E-state index contributed by atoms with van der Waals surface area (Å²) < 4.78 is 34.8. The molecule has 5 nitrogen and oxygen atoms in total. The SMILES string of the molecule is COc1ccc(NC(=O)N(Cc2ccccc2)C(C)C2CC2)cc1OC(F)F. The Balaban J connectivity index is 1.77. The zero-order valence-electron chi connectivity index (χ0n) is 15.9. The van der Waals surface area contributed by atoms with E-state index in [1.165, 1.54) is 19.2 Å². The Kier molecular flexibility index (Phi) is 6.34. The summed E-state index contributed by atoms with van der Waals surface area (Å²) in [7, 11) is 1.37. The van der Waals surface area contributed by atoms with E-state index >= 15 is 0 Å². The van der Waals surface area contributed by atoms with Crippen LogP contribution in [0.3, 0.4) is 0 Å². The van der Waals surface area contributed by atoms with E-state index in [-0.39, 0.29) is 23.6 Å². The Bertz CT molecular complexity index is 797. The van der Waals surface area contributed by atoms with E-state index in [2.05, 4.69) is 10.1 Å². The van der Waals surface area contributed by atoms with Gasteiger partial charge in [-0.1, -0.05) is 30.3 Å². The van der Waals surface area contributed by atoms with E-state index < -0.39 is 6.61 Å². The van der Waals surface area contributed by atoms with Crippen LogP contribution in [0.1, 0.15) is 25.3 Å². The van der Waals surface area contributed by atoms with E-state index in [0.717, 1.165) is 18.4 Å². The molecule has 3 rings (SSSR count). The van der Waals surface area contributed by atoms with E-state index in [9.17, 15) is 13.6 Å². The number of benzene rings is 2. The molecule has 1 unspecified atom stereocenters.